The number of hydrogen-bond donors (Lipinski definition) is 2. The van der Waals surface area contributed by atoms with E-state index in [2.05, 4.69) is 17.6 Å². The monoisotopic (exact) mass is 268 g/mol. The van der Waals surface area contributed by atoms with Crippen LogP contribution in [0.4, 0.5) is 8.78 Å². The summed E-state index contributed by atoms with van der Waals surface area (Å²) in [5, 5.41) is 6.02. The molecule has 1 aromatic rings. The Balaban J connectivity index is 1.93. The molecule has 1 fully saturated rings. The maximum Gasteiger partial charge on any atom is 0.251 e. The number of carbonyl (C=O) groups excluding carboxylic acids is 1. The minimum atomic E-state index is -0.738. The molecule has 0 radical (unpaired) electrons. The van der Waals surface area contributed by atoms with Crippen LogP contribution in [-0.4, -0.2) is 25.5 Å². The number of piperidine rings is 1. The number of halogens is 2. The fraction of sp³-hybridized carbons (Fsp3) is 0.500. The first kappa shape index (κ1) is 13.9. The van der Waals surface area contributed by atoms with E-state index in [9.17, 15) is 13.6 Å². The molecule has 0 spiro atoms. The Morgan fingerprint density at radius 2 is 2.05 bits per heavy atom. The molecule has 0 aliphatic carbocycles. The molecular formula is C14H18F2N2O. The molecule has 1 aromatic carbocycles. The quantitative estimate of drug-likeness (QED) is 0.879. The summed E-state index contributed by atoms with van der Waals surface area (Å²) in [5.74, 6) is -1.02. The lowest BCUT2D eigenvalue weighted by molar-refractivity contribution is 0.0938. The van der Waals surface area contributed by atoms with E-state index in [0.29, 0.717) is 18.4 Å². The van der Waals surface area contributed by atoms with E-state index in [1.54, 1.807) is 0 Å². The fourth-order valence-corrected chi connectivity index (χ4v) is 2.34. The summed E-state index contributed by atoms with van der Waals surface area (Å²) in [4.78, 5) is 11.8. The van der Waals surface area contributed by atoms with Gasteiger partial charge >= 0.3 is 0 Å². The van der Waals surface area contributed by atoms with Gasteiger partial charge in [0.1, 0.15) is 11.6 Å². The zero-order valence-electron chi connectivity index (χ0n) is 10.9. The van der Waals surface area contributed by atoms with Gasteiger partial charge in [-0.25, -0.2) is 8.78 Å². The average Bonchev–Trinajstić information content (AvgIpc) is 2.36. The minimum Gasteiger partial charge on any atom is -0.352 e. The minimum absolute atomic E-state index is 0.0221. The Kier molecular flexibility index (Phi) is 4.47. The molecule has 1 heterocycles. The van der Waals surface area contributed by atoms with Gasteiger partial charge < -0.3 is 10.6 Å². The van der Waals surface area contributed by atoms with Gasteiger partial charge in [-0.1, -0.05) is 6.92 Å². The predicted molar refractivity (Wildman–Crippen MR) is 68.8 cm³/mol. The molecule has 1 aliphatic rings. The van der Waals surface area contributed by atoms with Crippen LogP contribution in [0.5, 0.6) is 0 Å². The Bertz CT molecular complexity index is 445. The third-order valence-electron chi connectivity index (χ3n) is 3.64. The van der Waals surface area contributed by atoms with Crippen LogP contribution in [0.2, 0.25) is 0 Å². The van der Waals surface area contributed by atoms with Crippen LogP contribution >= 0.6 is 0 Å². The number of benzene rings is 1. The van der Waals surface area contributed by atoms with Crippen molar-refractivity contribution < 1.29 is 13.6 Å². The van der Waals surface area contributed by atoms with Gasteiger partial charge in [-0.05, 0) is 43.5 Å². The van der Waals surface area contributed by atoms with Crippen LogP contribution in [0.25, 0.3) is 0 Å². The molecule has 2 N–H and O–H groups in total. The number of hydrogen-bond acceptors (Lipinski definition) is 2. The molecule has 5 heteroatoms. The summed E-state index contributed by atoms with van der Waals surface area (Å²) < 4.78 is 26.0. The van der Waals surface area contributed by atoms with Crippen molar-refractivity contribution in [3.05, 3.63) is 35.4 Å². The van der Waals surface area contributed by atoms with Crippen LogP contribution in [0, 0.1) is 23.5 Å². The van der Waals surface area contributed by atoms with Gasteiger partial charge in [0.2, 0.25) is 0 Å². The Morgan fingerprint density at radius 3 is 2.68 bits per heavy atom. The van der Waals surface area contributed by atoms with Crippen LogP contribution in [0.1, 0.15) is 23.7 Å². The number of carbonyl (C=O) groups is 1. The number of amides is 1. The summed E-state index contributed by atoms with van der Waals surface area (Å²) in [7, 11) is 0. The van der Waals surface area contributed by atoms with E-state index in [4.69, 9.17) is 0 Å². The van der Waals surface area contributed by atoms with Gasteiger partial charge in [-0.15, -0.1) is 0 Å². The Labute approximate surface area is 111 Å². The van der Waals surface area contributed by atoms with Gasteiger partial charge in [-0.2, -0.15) is 0 Å². The van der Waals surface area contributed by atoms with E-state index in [-0.39, 0.29) is 5.56 Å². The zero-order valence-corrected chi connectivity index (χ0v) is 10.9. The lowest BCUT2D eigenvalue weighted by Gasteiger charge is -2.29. The first-order valence-electron chi connectivity index (χ1n) is 6.51. The highest BCUT2D eigenvalue weighted by molar-refractivity contribution is 5.94. The third-order valence-corrected chi connectivity index (χ3v) is 3.64. The van der Waals surface area contributed by atoms with Crippen molar-refractivity contribution >= 4 is 5.91 Å². The first-order chi connectivity index (χ1) is 9.06. The second kappa shape index (κ2) is 6.10. The van der Waals surface area contributed by atoms with Crippen LogP contribution < -0.4 is 10.6 Å². The molecule has 2 unspecified atom stereocenters. The average molecular weight is 268 g/mol. The van der Waals surface area contributed by atoms with Crippen molar-refractivity contribution in [2.45, 2.75) is 13.3 Å². The lowest BCUT2D eigenvalue weighted by Crippen LogP contribution is -2.42. The normalized spacial score (nSPS) is 23.1. The summed E-state index contributed by atoms with van der Waals surface area (Å²) in [5.41, 5.74) is 0.0221. The van der Waals surface area contributed by atoms with E-state index >= 15 is 0 Å². The second-order valence-electron chi connectivity index (χ2n) is 5.10. The molecule has 104 valence electrons. The van der Waals surface area contributed by atoms with Crippen molar-refractivity contribution in [3.8, 4) is 0 Å². The highest BCUT2D eigenvalue weighted by atomic mass is 19.1. The van der Waals surface area contributed by atoms with Crippen molar-refractivity contribution in [2.75, 3.05) is 19.6 Å². The number of nitrogens with one attached hydrogen (secondary N) is 2. The maximum absolute atomic E-state index is 13.0. The highest BCUT2D eigenvalue weighted by Crippen LogP contribution is 2.17. The van der Waals surface area contributed by atoms with Gasteiger partial charge in [0.15, 0.2) is 0 Å². The molecule has 2 atom stereocenters. The standard InChI is InChI=1S/C14H18F2N2O/c1-9-2-3-17-7-11(9)8-18-14(19)10-4-12(15)6-13(16)5-10/h4-6,9,11,17H,2-3,7-8H2,1H3,(H,18,19). The molecule has 0 aromatic heterocycles. The molecule has 0 saturated carbocycles. The van der Waals surface area contributed by atoms with Gasteiger partial charge in [-0.3, -0.25) is 4.79 Å². The van der Waals surface area contributed by atoms with Crippen molar-refractivity contribution in [1.82, 2.24) is 10.6 Å². The molecule has 1 saturated heterocycles. The van der Waals surface area contributed by atoms with Gasteiger partial charge in [0.25, 0.3) is 5.91 Å². The SMILES string of the molecule is CC1CCNCC1CNC(=O)c1cc(F)cc(F)c1. The molecule has 1 aliphatic heterocycles. The van der Waals surface area contributed by atoms with Crippen molar-refractivity contribution in [1.29, 1.82) is 0 Å². The van der Waals surface area contributed by atoms with E-state index in [1.165, 1.54) is 0 Å². The molecule has 19 heavy (non-hydrogen) atoms. The smallest absolute Gasteiger partial charge is 0.251 e. The van der Waals surface area contributed by atoms with Crippen LogP contribution in [0.15, 0.2) is 18.2 Å². The molecule has 3 nitrogen and oxygen atoms in total. The third kappa shape index (κ3) is 3.73. The van der Waals surface area contributed by atoms with E-state index < -0.39 is 17.5 Å². The van der Waals surface area contributed by atoms with E-state index in [1.807, 2.05) is 0 Å². The predicted octanol–water partition coefficient (Wildman–Crippen LogP) is 1.94. The summed E-state index contributed by atoms with van der Waals surface area (Å²) >= 11 is 0. The topological polar surface area (TPSA) is 41.1 Å². The van der Waals surface area contributed by atoms with Crippen molar-refractivity contribution in [2.24, 2.45) is 11.8 Å². The maximum atomic E-state index is 13.0. The summed E-state index contributed by atoms with van der Waals surface area (Å²) in [6.07, 6.45) is 1.08. The van der Waals surface area contributed by atoms with Gasteiger partial charge in [0.05, 0.1) is 0 Å². The zero-order chi connectivity index (χ0) is 13.8. The summed E-state index contributed by atoms with van der Waals surface area (Å²) in [6, 6.07) is 2.84. The first-order valence-corrected chi connectivity index (χ1v) is 6.51. The number of rotatable bonds is 3. The van der Waals surface area contributed by atoms with Crippen LogP contribution in [0.3, 0.4) is 0 Å². The van der Waals surface area contributed by atoms with Crippen LogP contribution in [-0.2, 0) is 0 Å². The molecule has 2 rings (SSSR count). The highest BCUT2D eigenvalue weighted by Gasteiger charge is 2.21. The molecular weight excluding hydrogens is 250 g/mol. The molecule has 1 amide bonds. The Morgan fingerprint density at radius 1 is 1.37 bits per heavy atom. The van der Waals surface area contributed by atoms with E-state index in [0.717, 1.165) is 37.7 Å². The van der Waals surface area contributed by atoms with Crippen molar-refractivity contribution in [3.63, 3.8) is 0 Å². The Hall–Kier alpha value is -1.49. The lowest BCUT2D eigenvalue weighted by atomic mass is 9.88. The fourth-order valence-electron chi connectivity index (χ4n) is 2.34. The second-order valence-corrected chi connectivity index (χ2v) is 5.10. The largest absolute Gasteiger partial charge is 0.352 e. The van der Waals surface area contributed by atoms with Gasteiger partial charge in [0, 0.05) is 18.2 Å². The summed E-state index contributed by atoms with van der Waals surface area (Å²) in [6.45, 7) is 4.53. The molecule has 0 bridgehead atoms.